The Kier molecular flexibility index (Phi) is 4.42. The second kappa shape index (κ2) is 6.25. The summed E-state index contributed by atoms with van der Waals surface area (Å²) in [6.07, 6.45) is 14.6. The summed E-state index contributed by atoms with van der Waals surface area (Å²) < 4.78 is 0. The molecule has 3 atom stereocenters. The van der Waals surface area contributed by atoms with E-state index < -0.39 is 0 Å². The molecule has 0 saturated heterocycles. The molecule has 19 heavy (non-hydrogen) atoms. The van der Waals surface area contributed by atoms with Gasteiger partial charge in [0.25, 0.3) is 0 Å². The van der Waals surface area contributed by atoms with Crippen molar-refractivity contribution in [3.63, 3.8) is 0 Å². The van der Waals surface area contributed by atoms with Crippen LogP contribution in [0.2, 0.25) is 0 Å². The summed E-state index contributed by atoms with van der Waals surface area (Å²) in [5, 5.41) is 7.83. The van der Waals surface area contributed by atoms with Gasteiger partial charge in [-0.1, -0.05) is 18.1 Å². The van der Waals surface area contributed by atoms with Gasteiger partial charge in [-0.2, -0.15) is 0 Å². The number of hydrogen-bond acceptors (Lipinski definition) is 1. The molecule has 2 saturated carbocycles. The molecule has 2 N–H and O–H groups in total. The molecule has 0 unspecified atom stereocenters. The summed E-state index contributed by atoms with van der Waals surface area (Å²) in [7, 11) is 0. The third-order valence-corrected chi connectivity index (χ3v) is 5.43. The SMILES string of the molecule is S=C(NCCC1=CCCCC1)N[C@@H]1C[C@H]2CC[C@H]1C2. The Bertz CT molecular complexity index is 364. The lowest BCUT2D eigenvalue weighted by Gasteiger charge is -2.24. The van der Waals surface area contributed by atoms with Crippen molar-refractivity contribution in [1.82, 2.24) is 10.6 Å². The quantitative estimate of drug-likeness (QED) is 0.608. The number of thiocarbonyl (C=S) groups is 1. The van der Waals surface area contributed by atoms with E-state index in [1.807, 2.05) is 0 Å². The molecule has 0 amide bonds. The predicted octanol–water partition coefficient (Wildman–Crippen LogP) is 3.53. The maximum absolute atomic E-state index is 5.43. The summed E-state index contributed by atoms with van der Waals surface area (Å²) in [6.45, 7) is 0.998. The van der Waals surface area contributed by atoms with E-state index in [0.717, 1.165) is 23.5 Å². The number of nitrogens with one attached hydrogen (secondary N) is 2. The topological polar surface area (TPSA) is 24.1 Å². The molecule has 0 radical (unpaired) electrons. The molecule has 0 aromatic carbocycles. The predicted molar refractivity (Wildman–Crippen MR) is 84.1 cm³/mol. The van der Waals surface area contributed by atoms with Crippen LogP contribution < -0.4 is 10.6 Å². The highest BCUT2D eigenvalue weighted by Crippen LogP contribution is 2.44. The molecule has 106 valence electrons. The van der Waals surface area contributed by atoms with Crippen molar-refractivity contribution < 1.29 is 0 Å². The summed E-state index contributed by atoms with van der Waals surface area (Å²) >= 11 is 5.43. The highest BCUT2D eigenvalue weighted by atomic mass is 32.1. The third kappa shape index (κ3) is 3.50. The molecule has 0 aromatic heterocycles. The first-order valence-electron chi connectivity index (χ1n) is 8.03. The van der Waals surface area contributed by atoms with Crippen molar-refractivity contribution in [1.29, 1.82) is 0 Å². The van der Waals surface area contributed by atoms with E-state index in [0.29, 0.717) is 6.04 Å². The Labute approximate surface area is 122 Å². The van der Waals surface area contributed by atoms with Crippen LogP contribution in [0.15, 0.2) is 11.6 Å². The fraction of sp³-hybridized carbons (Fsp3) is 0.812. The third-order valence-electron chi connectivity index (χ3n) is 5.17. The van der Waals surface area contributed by atoms with Gasteiger partial charge < -0.3 is 10.6 Å². The van der Waals surface area contributed by atoms with Gasteiger partial charge >= 0.3 is 0 Å². The maximum atomic E-state index is 5.43. The summed E-state index contributed by atoms with van der Waals surface area (Å²) in [6, 6.07) is 0.660. The van der Waals surface area contributed by atoms with Gasteiger partial charge in [0.2, 0.25) is 0 Å². The summed E-state index contributed by atoms with van der Waals surface area (Å²) in [4.78, 5) is 0. The van der Waals surface area contributed by atoms with E-state index in [4.69, 9.17) is 12.2 Å². The molecular formula is C16H26N2S. The molecule has 0 aliphatic heterocycles. The zero-order valence-corrected chi connectivity index (χ0v) is 12.6. The Hall–Kier alpha value is -0.570. The Morgan fingerprint density at radius 1 is 1.26 bits per heavy atom. The number of hydrogen-bond donors (Lipinski definition) is 2. The van der Waals surface area contributed by atoms with Gasteiger partial charge in [0, 0.05) is 12.6 Å². The molecule has 2 nitrogen and oxygen atoms in total. The number of fused-ring (bicyclic) bond motifs is 2. The Morgan fingerprint density at radius 3 is 2.89 bits per heavy atom. The lowest BCUT2D eigenvalue weighted by atomic mass is 9.95. The molecular weight excluding hydrogens is 252 g/mol. The van der Waals surface area contributed by atoms with Crippen molar-refractivity contribution in [2.45, 2.75) is 63.8 Å². The van der Waals surface area contributed by atoms with Gasteiger partial charge in [-0.3, -0.25) is 0 Å². The molecule has 3 aliphatic rings. The summed E-state index contributed by atoms with van der Waals surface area (Å²) in [5.41, 5.74) is 1.63. The molecule has 2 bridgehead atoms. The minimum Gasteiger partial charge on any atom is -0.362 e. The van der Waals surface area contributed by atoms with Crippen LogP contribution in [0.4, 0.5) is 0 Å². The molecule has 3 heteroatoms. The first-order valence-corrected chi connectivity index (χ1v) is 8.44. The van der Waals surface area contributed by atoms with Crippen LogP contribution in [0.1, 0.15) is 57.8 Å². The molecule has 3 rings (SSSR count). The number of rotatable bonds is 4. The van der Waals surface area contributed by atoms with Crippen molar-refractivity contribution >= 4 is 17.3 Å². The standard InChI is InChI=1S/C16H26N2S/c19-16(17-9-8-12-4-2-1-3-5-12)18-15-11-13-6-7-14(15)10-13/h4,13-15H,1-3,5-11H2,(H2,17,18,19)/t13-,14-,15+/m0/s1. The second-order valence-corrected chi connectivity index (χ2v) is 6.95. The van der Waals surface area contributed by atoms with Gasteiger partial charge in [-0.25, -0.2) is 0 Å². The summed E-state index contributed by atoms with van der Waals surface area (Å²) in [5.74, 6) is 1.88. The molecule has 0 spiro atoms. The van der Waals surface area contributed by atoms with Gasteiger partial charge in [-0.15, -0.1) is 0 Å². The van der Waals surface area contributed by atoms with Crippen LogP contribution in [0, 0.1) is 11.8 Å². The molecule has 2 fully saturated rings. The fourth-order valence-electron chi connectivity index (χ4n) is 4.11. The van der Waals surface area contributed by atoms with Crippen molar-refractivity contribution in [2.24, 2.45) is 11.8 Å². The largest absolute Gasteiger partial charge is 0.362 e. The second-order valence-electron chi connectivity index (χ2n) is 6.54. The zero-order valence-electron chi connectivity index (χ0n) is 11.8. The van der Waals surface area contributed by atoms with E-state index in [2.05, 4.69) is 16.7 Å². The monoisotopic (exact) mass is 278 g/mol. The van der Waals surface area contributed by atoms with Crippen LogP contribution in [-0.4, -0.2) is 17.7 Å². The van der Waals surface area contributed by atoms with E-state index in [-0.39, 0.29) is 0 Å². The van der Waals surface area contributed by atoms with E-state index in [9.17, 15) is 0 Å². The fourth-order valence-corrected chi connectivity index (χ4v) is 4.36. The van der Waals surface area contributed by atoms with Crippen molar-refractivity contribution in [3.05, 3.63) is 11.6 Å². The van der Waals surface area contributed by atoms with Gasteiger partial charge in [-0.05, 0) is 75.4 Å². The van der Waals surface area contributed by atoms with Gasteiger partial charge in [0.1, 0.15) is 0 Å². The molecule has 0 aromatic rings. The zero-order chi connectivity index (χ0) is 13.1. The lowest BCUT2D eigenvalue weighted by Crippen LogP contribution is -2.44. The normalized spacial score (nSPS) is 33.1. The smallest absolute Gasteiger partial charge is 0.166 e. The number of allylic oxidation sites excluding steroid dienone is 1. The van der Waals surface area contributed by atoms with Crippen molar-refractivity contribution in [2.75, 3.05) is 6.54 Å². The van der Waals surface area contributed by atoms with E-state index in [1.165, 1.54) is 57.8 Å². The van der Waals surface area contributed by atoms with E-state index in [1.54, 1.807) is 5.57 Å². The van der Waals surface area contributed by atoms with Crippen molar-refractivity contribution in [3.8, 4) is 0 Å². The van der Waals surface area contributed by atoms with Gasteiger partial charge in [0.05, 0.1) is 0 Å². The highest BCUT2D eigenvalue weighted by molar-refractivity contribution is 7.80. The minimum atomic E-state index is 0.660. The first kappa shape index (κ1) is 13.4. The van der Waals surface area contributed by atoms with Crippen LogP contribution in [0.5, 0.6) is 0 Å². The van der Waals surface area contributed by atoms with Crippen LogP contribution in [-0.2, 0) is 0 Å². The highest BCUT2D eigenvalue weighted by Gasteiger charge is 2.39. The minimum absolute atomic E-state index is 0.660. The molecule has 3 aliphatic carbocycles. The average Bonchev–Trinajstić information content (AvgIpc) is 3.02. The van der Waals surface area contributed by atoms with Crippen LogP contribution in [0.25, 0.3) is 0 Å². The maximum Gasteiger partial charge on any atom is 0.166 e. The Balaban J connectivity index is 1.34. The van der Waals surface area contributed by atoms with E-state index >= 15 is 0 Å². The molecule has 0 heterocycles. The van der Waals surface area contributed by atoms with Crippen LogP contribution >= 0.6 is 12.2 Å². The average molecular weight is 278 g/mol. The van der Waals surface area contributed by atoms with Crippen LogP contribution in [0.3, 0.4) is 0 Å². The van der Waals surface area contributed by atoms with Gasteiger partial charge in [0.15, 0.2) is 5.11 Å². The lowest BCUT2D eigenvalue weighted by molar-refractivity contribution is 0.389. The Morgan fingerprint density at radius 2 is 2.21 bits per heavy atom. The first-order chi connectivity index (χ1) is 9.31.